The smallest absolute Gasteiger partial charge is 0.303 e. The van der Waals surface area contributed by atoms with Gasteiger partial charge in [0.15, 0.2) is 0 Å². The van der Waals surface area contributed by atoms with Gasteiger partial charge in [-0.2, -0.15) is 5.26 Å². The average molecular weight is 336 g/mol. The van der Waals surface area contributed by atoms with E-state index in [1.165, 1.54) is 4.90 Å². The maximum absolute atomic E-state index is 12.5. The van der Waals surface area contributed by atoms with E-state index in [9.17, 15) is 14.9 Å². The first-order chi connectivity index (χ1) is 12.1. The molecule has 126 valence electrons. The number of nitrogens with zero attached hydrogens (tertiary/aromatic N) is 2. The Labute approximate surface area is 144 Å². The molecule has 0 aromatic heterocycles. The van der Waals surface area contributed by atoms with Crippen molar-refractivity contribution >= 4 is 11.9 Å². The fraction of sp³-hybridized carbons (Fsp3) is 0.211. The molecule has 6 heteroatoms. The predicted octanol–water partition coefficient (Wildman–Crippen LogP) is 3.36. The quantitative estimate of drug-likeness (QED) is 0.873. The number of nitriles is 1. The molecule has 0 radical (unpaired) electrons. The maximum Gasteiger partial charge on any atom is 0.303 e. The molecule has 6 nitrogen and oxygen atoms in total. The monoisotopic (exact) mass is 336 g/mol. The molecule has 0 aliphatic carbocycles. The summed E-state index contributed by atoms with van der Waals surface area (Å²) in [6, 6.07) is 15.7. The van der Waals surface area contributed by atoms with E-state index in [1.807, 2.05) is 30.3 Å². The van der Waals surface area contributed by atoms with E-state index in [2.05, 4.69) is 6.07 Å². The minimum atomic E-state index is -0.920. The molecule has 3 rings (SSSR count). The molecule has 25 heavy (non-hydrogen) atoms. The topological polar surface area (TPSA) is 90.6 Å². The summed E-state index contributed by atoms with van der Waals surface area (Å²) in [7, 11) is 0. The van der Waals surface area contributed by atoms with Crippen molar-refractivity contribution in [2.24, 2.45) is 0 Å². The molecule has 1 N–H and O–H groups in total. The van der Waals surface area contributed by atoms with Crippen molar-refractivity contribution in [2.75, 3.05) is 6.54 Å². The summed E-state index contributed by atoms with van der Waals surface area (Å²) in [6.45, 7) is 0.229. The third-order valence-electron chi connectivity index (χ3n) is 4.01. The molecule has 0 saturated carbocycles. The van der Waals surface area contributed by atoms with Crippen LogP contribution in [0.15, 0.2) is 48.5 Å². The highest BCUT2D eigenvalue weighted by Crippen LogP contribution is 2.36. The van der Waals surface area contributed by atoms with Crippen LogP contribution in [-0.2, 0) is 4.79 Å². The first-order valence-electron chi connectivity index (χ1n) is 7.89. The van der Waals surface area contributed by atoms with Crippen LogP contribution in [0.25, 0.3) is 0 Å². The van der Waals surface area contributed by atoms with Crippen LogP contribution in [0.4, 0.5) is 0 Å². The van der Waals surface area contributed by atoms with E-state index >= 15 is 0 Å². The summed E-state index contributed by atoms with van der Waals surface area (Å²) in [6.07, 6.45) is 0.265. The SMILES string of the molecule is N#CC1c2cc(Oc3ccccc3)ccc2C(=O)N1CCCC(=O)O. The van der Waals surface area contributed by atoms with E-state index < -0.39 is 12.0 Å². The number of rotatable bonds is 6. The number of aliphatic carboxylic acids is 1. The van der Waals surface area contributed by atoms with Crippen LogP contribution >= 0.6 is 0 Å². The zero-order chi connectivity index (χ0) is 17.8. The molecule has 0 spiro atoms. The number of amides is 1. The number of hydrogen-bond donors (Lipinski definition) is 1. The van der Waals surface area contributed by atoms with E-state index in [-0.39, 0.29) is 18.9 Å². The number of fused-ring (bicyclic) bond motifs is 1. The lowest BCUT2D eigenvalue weighted by atomic mass is 10.1. The van der Waals surface area contributed by atoms with Crippen LogP contribution in [0.2, 0.25) is 0 Å². The van der Waals surface area contributed by atoms with Gasteiger partial charge in [-0.1, -0.05) is 18.2 Å². The predicted molar refractivity (Wildman–Crippen MR) is 89.2 cm³/mol. The molecule has 0 fully saturated rings. The Hall–Kier alpha value is -3.33. The minimum absolute atomic E-state index is 0.0410. The van der Waals surface area contributed by atoms with Crippen LogP contribution in [0, 0.1) is 11.3 Å². The Morgan fingerprint density at radius 3 is 2.64 bits per heavy atom. The number of benzene rings is 2. The number of ether oxygens (including phenoxy) is 1. The molecule has 2 aromatic carbocycles. The van der Waals surface area contributed by atoms with Crippen molar-refractivity contribution in [1.29, 1.82) is 5.26 Å². The highest BCUT2D eigenvalue weighted by atomic mass is 16.5. The van der Waals surface area contributed by atoms with Gasteiger partial charge in [0.25, 0.3) is 5.91 Å². The molecule has 1 unspecified atom stereocenters. The first kappa shape index (κ1) is 16.5. The van der Waals surface area contributed by atoms with Gasteiger partial charge in [0.05, 0.1) is 6.07 Å². The highest BCUT2D eigenvalue weighted by molar-refractivity contribution is 5.99. The molecule has 1 aliphatic rings. The molecule has 0 bridgehead atoms. The van der Waals surface area contributed by atoms with Crippen molar-refractivity contribution in [2.45, 2.75) is 18.9 Å². The van der Waals surface area contributed by atoms with Gasteiger partial charge < -0.3 is 14.7 Å². The van der Waals surface area contributed by atoms with Crippen molar-refractivity contribution < 1.29 is 19.4 Å². The average Bonchev–Trinajstić information content (AvgIpc) is 2.87. The second kappa shape index (κ2) is 7.05. The first-order valence-corrected chi connectivity index (χ1v) is 7.89. The fourth-order valence-electron chi connectivity index (χ4n) is 2.86. The second-order valence-electron chi connectivity index (χ2n) is 5.69. The lowest BCUT2D eigenvalue weighted by Crippen LogP contribution is -2.28. The number of carboxylic acids is 1. The summed E-state index contributed by atoms with van der Waals surface area (Å²) >= 11 is 0. The van der Waals surface area contributed by atoms with Crippen LogP contribution in [0.3, 0.4) is 0 Å². The number of carbonyl (C=O) groups excluding carboxylic acids is 1. The molecule has 1 atom stereocenters. The molecule has 1 aliphatic heterocycles. The molecule has 2 aromatic rings. The Morgan fingerprint density at radius 1 is 1.20 bits per heavy atom. The van der Waals surface area contributed by atoms with Crippen molar-refractivity contribution in [1.82, 2.24) is 4.90 Å². The van der Waals surface area contributed by atoms with E-state index in [1.54, 1.807) is 18.2 Å². The number of carboxylic acid groups (broad SMARTS) is 1. The van der Waals surface area contributed by atoms with Gasteiger partial charge in [-0.15, -0.1) is 0 Å². The zero-order valence-electron chi connectivity index (χ0n) is 13.4. The third-order valence-corrected chi connectivity index (χ3v) is 4.01. The van der Waals surface area contributed by atoms with E-state index in [0.717, 1.165) is 0 Å². The van der Waals surface area contributed by atoms with Gasteiger partial charge in [0.2, 0.25) is 0 Å². The molecule has 0 saturated heterocycles. The van der Waals surface area contributed by atoms with Gasteiger partial charge >= 0.3 is 5.97 Å². The minimum Gasteiger partial charge on any atom is -0.481 e. The van der Waals surface area contributed by atoms with Gasteiger partial charge in [-0.25, -0.2) is 0 Å². The maximum atomic E-state index is 12.5. The lowest BCUT2D eigenvalue weighted by Gasteiger charge is -2.19. The summed E-state index contributed by atoms with van der Waals surface area (Å²) in [5, 5.41) is 18.2. The third kappa shape index (κ3) is 3.45. The Morgan fingerprint density at radius 2 is 1.96 bits per heavy atom. The number of para-hydroxylation sites is 1. The molecular weight excluding hydrogens is 320 g/mol. The largest absolute Gasteiger partial charge is 0.481 e. The van der Waals surface area contributed by atoms with Crippen molar-refractivity contribution in [3.8, 4) is 17.6 Å². The summed E-state index contributed by atoms with van der Waals surface area (Å²) in [5.74, 6) is 0.0402. The van der Waals surface area contributed by atoms with E-state index in [4.69, 9.17) is 9.84 Å². The lowest BCUT2D eigenvalue weighted by molar-refractivity contribution is -0.137. The van der Waals surface area contributed by atoms with Crippen LogP contribution < -0.4 is 4.74 Å². The number of carbonyl (C=O) groups is 2. The Kier molecular flexibility index (Phi) is 4.66. The standard InChI is InChI=1S/C19H16N2O4/c20-12-17-16-11-14(25-13-5-2-1-3-6-13)8-9-15(16)19(24)21(17)10-4-7-18(22)23/h1-3,5-6,8-9,11,17H,4,7,10H2,(H,22,23). The van der Waals surface area contributed by atoms with Crippen LogP contribution in [0.5, 0.6) is 11.5 Å². The normalized spacial score (nSPS) is 15.6. The Balaban J connectivity index is 1.82. The highest BCUT2D eigenvalue weighted by Gasteiger charge is 2.36. The van der Waals surface area contributed by atoms with Gasteiger partial charge in [0.1, 0.15) is 17.5 Å². The summed E-state index contributed by atoms with van der Waals surface area (Å²) < 4.78 is 5.76. The molecular formula is C19H16N2O4. The summed E-state index contributed by atoms with van der Waals surface area (Å²) in [5.41, 5.74) is 1.05. The summed E-state index contributed by atoms with van der Waals surface area (Å²) in [4.78, 5) is 24.6. The van der Waals surface area contributed by atoms with Crippen LogP contribution in [0.1, 0.15) is 34.8 Å². The van der Waals surface area contributed by atoms with Crippen molar-refractivity contribution in [3.05, 3.63) is 59.7 Å². The second-order valence-corrected chi connectivity index (χ2v) is 5.69. The number of hydrogen-bond acceptors (Lipinski definition) is 4. The zero-order valence-corrected chi connectivity index (χ0v) is 13.4. The van der Waals surface area contributed by atoms with E-state index in [0.29, 0.717) is 29.0 Å². The molecule has 1 amide bonds. The van der Waals surface area contributed by atoms with Crippen molar-refractivity contribution in [3.63, 3.8) is 0 Å². The van der Waals surface area contributed by atoms with Crippen LogP contribution in [-0.4, -0.2) is 28.4 Å². The molecule has 1 heterocycles. The van der Waals surface area contributed by atoms with Gasteiger partial charge in [-0.05, 0) is 36.8 Å². The Bertz CT molecular complexity index is 842. The van der Waals surface area contributed by atoms with Gasteiger partial charge in [-0.3, -0.25) is 9.59 Å². The fourth-order valence-corrected chi connectivity index (χ4v) is 2.86. The van der Waals surface area contributed by atoms with Gasteiger partial charge in [0, 0.05) is 24.1 Å².